The van der Waals surface area contributed by atoms with Crippen molar-refractivity contribution in [1.82, 2.24) is 9.55 Å². The maximum absolute atomic E-state index is 14.0. The van der Waals surface area contributed by atoms with Crippen LogP contribution in [0.3, 0.4) is 0 Å². The first-order valence-corrected chi connectivity index (χ1v) is 11.1. The number of amides is 1. The average Bonchev–Trinajstić information content (AvgIpc) is 2.77. The number of hydrogen-bond donors (Lipinski definition) is 1. The Labute approximate surface area is 193 Å². The van der Waals surface area contributed by atoms with Gasteiger partial charge in [0.1, 0.15) is 11.6 Å². The van der Waals surface area contributed by atoms with E-state index in [1.165, 1.54) is 4.57 Å². The number of rotatable bonds is 5. The fourth-order valence-corrected chi connectivity index (χ4v) is 4.42. The minimum absolute atomic E-state index is 0.245. The maximum atomic E-state index is 14.0. The van der Waals surface area contributed by atoms with E-state index in [0.29, 0.717) is 21.7 Å². The Balaban J connectivity index is 1.75. The lowest BCUT2D eigenvalue weighted by molar-refractivity contribution is -0.115. The van der Waals surface area contributed by atoms with Crippen molar-refractivity contribution in [2.75, 3.05) is 5.32 Å². The van der Waals surface area contributed by atoms with E-state index in [9.17, 15) is 18.4 Å². The number of carbonyl (C=O) groups is 1. The number of hydrogen-bond acceptors (Lipinski definition) is 4. The zero-order valence-electron chi connectivity index (χ0n) is 18.2. The van der Waals surface area contributed by atoms with Crippen LogP contribution >= 0.6 is 11.8 Å². The lowest BCUT2D eigenvalue weighted by Crippen LogP contribution is -2.27. The number of anilines is 1. The molecule has 1 N–H and O–H groups in total. The molecule has 0 radical (unpaired) electrons. The summed E-state index contributed by atoms with van der Waals surface area (Å²) < 4.78 is 28.9. The van der Waals surface area contributed by atoms with Gasteiger partial charge in [0.05, 0.1) is 27.5 Å². The first-order chi connectivity index (χ1) is 15.7. The highest BCUT2D eigenvalue weighted by atomic mass is 32.2. The summed E-state index contributed by atoms with van der Waals surface area (Å²) in [5, 5.41) is 2.44. The van der Waals surface area contributed by atoms with Gasteiger partial charge in [-0.2, -0.15) is 0 Å². The van der Waals surface area contributed by atoms with Crippen LogP contribution in [-0.2, 0) is 4.79 Å². The first kappa shape index (κ1) is 22.7. The minimum atomic E-state index is -0.752. The Morgan fingerprint density at radius 2 is 1.82 bits per heavy atom. The van der Waals surface area contributed by atoms with Gasteiger partial charge in [0, 0.05) is 6.07 Å². The number of carbonyl (C=O) groups excluding carboxylic acids is 1. The van der Waals surface area contributed by atoms with E-state index >= 15 is 0 Å². The van der Waals surface area contributed by atoms with Gasteiger partial charge >= 0.3 is 0 Å². The summed E-state index contributed by atoms with van der Waals surface area (Å²) >= 11 is 1.07. The van der Waals surface area contributed by atoms with Crippen molar-refractivity contribution in [3.63, 3.8) is 0 Å². The molecule has 0 fully saturated rings. The molecule has 33 heavy (non-hydrogen) atoms. The Kier molecular flexibility index (Phi) is 6.29. The number of benzene rings is 3. The molecule has 0 aliphatic heterocycles. The summed E-state index contributed by atoms with van der Waals surface area (Å²) in [4.78, 5) is 30.8. The van der Waals surface area contributed by atoms with E-state index < -0.39 is 22.8 Å². The van der Waals surface area contributed by atoms with Crippen LogP contribution < -0.4 is 10.9 Å². The van der Waals surface area contributed by atoms with Crippen LogP contribution in [0, 0.1) is 25.5 Å². The molecule has 3 aromatic carbocycles. The summed E-state index contributed by atoms with van der Waals surface area (Å²) in [6.07, 6.45) is 0. The molecule has 0 saturated heterocycles. The molecule has 8 heteroatoms. The fourth-order valence-electron chi connectivity index (χ4n) is 3.50. The highest BCUT2D eigenvalue weighted by molar-refractivity contribution is 8.00. The number of thioether (sulfide) groups is 1. The van der Waals surface area contributed by atoms with E-state index in [1.807, 2.05) is 32.0 Å². The van der Waals surface area contributed by atoms with Crippen LogP contribution in [-0.4, -0.2) is 20.7 Å². The highest BCUT2D eigenvalue weighted by Gasteiger charge is 2.22. The summed E-state index contributed by atoms with van der Waals surface area (Å²) in [7, 11) is 0. The number of fused-ring (bicyclic) bond motifs is 1. The molecule has 0 saturated carbocycles. The summed E-state index contributed by atoms with van der Waals surface area (Å²) in [5.41, 5.74) is 2.61. The normalized spacial score (nSPS) is 12.0. The van der Waals surface area contributed by atoms with Gasteiger partial charge in [-0.15, -0.1) is 0 Å². The third-order valence-electron chi connectivity index (χ3n) is 5.18. The predicted molar refractivity (Wildman–Crippen MR) is 127 cm³/mol. The maximum Gasteiger partial charge on any atom is 0.266 e. The van der Waals surface area contributed by atoms with Crippen molar-refractivity contribution in [3.05, 3.63) is 93.8 Å². The lowest BCUT2D eigenvalue weighted by Gasteiger charge is -2.18. The zero-order valence-corrected chi connectivity index (χ0v) is 19.0. The number of nitrogens with zero attached hydrogens (tertiary/aromatic N) is 2. The molecule has 5 nitrogen and oxygen atoms in total. The monoisotopic (exact) mass is 465 g/mol. The molecule has 1 unspecified atom stereocenters. The van der Waals surface area contributed by atoms with E-state index in [1.54, 1.807) is 31.2 Å². The molecule has 1 heterocycles. The van der Waals surface area contributed by atoms with Crippen LogP contribution in [0.15, 0.2) is 70.6 Å². The van der Waals surface area contributed by atoms with Crippen LogP contribution in [0.5, 0.6) is 0 Å². The van der Waals surface area contributed by atoms with E-state index in [4.69, 9.17) is 0 Å². The van der Waals surface area contributed by atoms with Crippen LogP contribution in [0.4, 0.5) is 14.5 Å². The molecule has 4 aromatic rings. The second kappa shape index (κ2) is 9.15. The van der Waals surface area contributed by atoms with Gasteiger partial charge in [-0.05, 0) is 56.7 Å². The van der Waals surface area contributed by atoms with Crippen molar-refractivity contribution < 1.29 is 13.6 Å². The Hall–Kier alpha value is -3.52. The van der Waals surface area contributed by atoms with Crippen LogP contribution in [0.25, 0.3) is 16.6 Å². The third-order valence-corrected chi connectivity index (χ3v) is 6.23. The minimum Gasteiger partial charge on any atom is -0.323 e. The third kappa shape index (κ3) is 4.66. The van der Waals surface area contributed by atoms with Crippen molar-refractivity contribution in [2.45, 2.75) is 31.2 Å². The number of aromatic nitrogens is 2. The molecule has 0 bridgehead atoms. The van der Waals surface area contributed by atoms with E-state index in [0.717, 1.165) is 41.1 Å². The molecule has 1 amide bonds. The number of halogens is 2. The quantitative estimate of drug-likeness (QED) is 0.317. The van der Waals surface area contributed by atoms with Crippen molar-refractivity contribution in [3.8, 4) is 5.69 Å². The van der Waals surface area contributed by atoms with E-state index in [-0.39, 0.29) is 11.2 Å². The number of nitrogens with one attached hydrogen (secondary N) is 1. The lowest BCUT2D eigenvalue weighted by atomic mass is 10.1. The molecular formula is C25H21F2N3O2S. The molecule has 1 aromatic heterocycles. The SMILES string of the molecule is Cc1ccc(-n2c(SC(C)C(=O)Nc3cc(F)ccc3F)nc3ccccc3c2=O)c(C)c1. The Morgan fingerprint density at radius 3 is 2.58 bits per heavy atom. The molecule has 0 aliphatic carbocycles. The Bertz CT molecular complexity index is 1440. The van der Waals surface area contributed by atoms with Gasteiger partial charge in [-0.3, -0.25) is 14.2 Å². The fraction of sp³-hybridized carbons (Fsp3) is 0.160. The van der Waals surface area contributed by atoms with Crippen molar-refractivity contribution in [2.24, 2.45) is 0 Å². The van der Waals surface area contributed by atoms with Gasteiger partial charge in [-0.1, -0.05) is 41.6 Å². The molecule has 1 atom stereocenters. The van der Waals surface area contributed by atoms with Gasteiger partial charge in [0.25, 0.3) is 5.56 Å². The second-order valence-corrected chi connectivity index (χ2v) is 9.02. The van der Waals surface area contributed by atoms with E-state index in [2.05, 4.69) is 10.3 Å². The number of para-hydroxylation sites is 1. The molecule has 0 aliphatic rings. The highest BCUT2D eigenvalue weighted by Crippen LogP contribution is 2.28. The van der Waals surface area contributed by atoms with Gasteiger partial charge in [0.15, 0.2) is 5.16 Å². The zero-order chi connectivity index (χ0) is 23.7. The standard InChI is InChI=1S/C25H21F2N3O2S/c1-14-8-11-22(15(2)12-14)30-24(32)18-6-4-5-7-20(18)29-25(30)33-16(3)23(31)28-21-13-17(26)9-10-19(21)27/h4-13,16H,1-3H3,(H,28,31). The van der Waals surface area contributed by atoms with Crippen LogP contribution in [0.1, 0.15) is 18.1 Å². The summed E-state index contributed by atoms with van der Waals surface area (Å²) in [6.45, 7) is 5.48. The second-order valence-electron chi connectivity index (χ2n) is 7.72. The van der Waals surface area contributed by atoms with Crippen molar-refractivity contribution in [1.29, 1.82) is 0 Å². The van der Waals surface area contributed by atoms with Crippen LogP contribution in [0.2, 0.25) is 0 Å². The summed E-state index contributed by atoms with van der Waals surface area (Å²) in [5.74, 6) is -1.94. The molecule has 4 rings (SSSR count). The molecular weight excluding hydrogens is 444 g/mol. The van der Waals surface area contributed by atoms with Crippen molar-refractivity contribution >= 4 is 34.3 Å². The number of aryl methyl sites for hydroxylation is 2. The topological polar surface area (TPSA) is 64.0 Å². The van der Waals surface area contributed by atoms with Gasteiger partial charge < -0.3 is 5.32 Å². The Morgan fingerprint density at radius 1 is 1.06 bits per heavy atom. The largest absolute Gasteiger partial charge is 0.323 e. The average molecular weight is 466 g/mol. The van der Waals surface area contributed by atoms with Gasteiger partial charge in [-0.25, -0.2) is 13.8 Å². The smallest absolute Gasteiger partial charge is 0.266 e. The summed E-state index contributed by atoms with van der Waals surface area (Å²) in [6, 6.07) is 15.6. The predicted octanol–water partition coefficient (Wildman–Crippen LogP) is 5.40. The first-order valence-electron chi connectivity index (χ1n) is 10.3. The molecule has 168 valence electrons. The molecule has 0 spiro atoms. The van der Waals surface area contributed by atoms with Gasteiger partial charge in [0.2, 0.25) is 5.91 Å².